The van der Waals surface area contributed by atoms with Crippen LogP contribution in [-0.4, -0.2) is 10.5 Å². The standard InChI is InChI=1S/C11H15NOS/c1-10(9-14(2)13)12-8-11-6-4-3-5-7-11/h3-7,9,12H,8H2,1-2H3. The molecular weight excluding hydrogens is 194 g/mol. The van der Waals surface area contributed by atoms with Crippen molar-refractivity contribution in [3.8, 4) is 0 Å². The molecular formula is C11H15NOS. The van der Waals surface area contributed by atoms with Crippen molar-refractivity contribution in [3.05, 3.63) is 47.0 Å². The Balaban J connectivity index is 2.45. The first kappa shape index (κ1) is 11.0. The second-order valence-corrected chi connectivity index (χ2v) is 4.37. The molecule has 2 nitrogen and oxygen atoms in total. The Bertz CT molecular complexity index is 332. The second-order valence-electron chi connectivity index (χ2n) is 3.14. The summed E-state index contributed by atoms with van der Waals surface area (Å²) in [5.41, 5.74) is 2.18. The van der Waals surface area contributed by atoms with Gasteiger partial charge in [-0.25, -0.2) is 0 Å². The van der Waals surface area contributed by atoms with Crippen LogP contribution in [0.25, 0.3) is 0 Å². The van der Waals surface area contributed by atoms with Gasteiger partial charge in [0.05, 0.1) is 0 Å². The molecule has 0 bridgehead atoms. The van der Waals surface area contributed by atoms with Gasteiger partial charge in [0.2, 0.25) is 0 Å². The Kier molecular flexibility index (Phi) is 4.40. The molecule has 0 aliphatic heterocycles. The van der Waals surface area contributed by atoms with Crippen molar-refractivity contribution in [2.75, 3.05) is 6.26 Å². The van der Waals surface area contributed by atoms with E-state index in [0.717, 1.165) is 12.2 Å². The van der Waals surface area contributed by atoms with E-state index >= 15 is 0 Å². The zero-order chi connectivity index (χ0) is 10.4. The molecule has 0 saturated carbocycles. The maximum atomic E-state index is 10.9. The lowest BCUT2D eigenvalue weighted by atomic mass is 10.2. The van der Waals surface area contributed by atoms with E-state index in [4.69, 9.17) is 0 Å². The van der Waals surface area contributed by atoms with Gasteiger partial charge in [-0.3, -0.25) is 4.21 Å². The van der Waals surface area contributed by atoms with Gasteiger partial charge in [-0.1, -0.05) is 30.3 Å². The molecule has 1 atom stereocenters. The highest BCUT2D eigenvalue weighted by Gasteiger charge is 1.92. The fraction of sp³-hybridized carbons (Fsp3) is 0.273. The number of rotatable bonds is 4. The first-order valence-corrected chi connectivity index (χ1v) is 6.09. The van der Waals surface area contributed by atoms with Gasteiger partial charge in [-0.2, -0.15) is 0 Å². The van der Waals surface area contributed by atoms with Crippen LogP contribution in [0.4, 0.5) is 0 Å². The molecule has 0 aliphatic rings. The molecule has 1 aromatic carbocycles. The average molecular weight is 209 g/mol. The molecule has 0 saturated heterocycles. The van der Waals surface area contributed by atoms with Crippen LogP contribution in [0, 0.1) is 0 Å². The first-order chi connectivity index (χ1) is 6.68. The summed E-state index contributed by atoms with van der Waals surface area (Å²) in [5, 5.41) is 4.91. The monoisotopic (exact) mass is 209 g/mol. The Hall–Kier alpha value is -1.09. The molecule has 1 aromatic rings. The van der Waals surface area contributed by atoms with E-state index in [-0.39, 0.29) is 0 Å². The molecule has 0 spiro atoms. The Labute approximate surface area is 87.5 Å². The zero-order valence-corrected chi connectivity index (χ0v) is 9.30. The minimum absolute atomic E-state index is 0.778. The molecule has 76 valence electrons. The Morgan fingerprint density at radius 2 is 2.07 bits per heavy atom. The third-order valence-corrected chi connectivity index (χ3v) is 2.44. The predicted octanol–water partition coefficient (Wildman–Crippen LogP) is 2.02. The summed E-state index contributed by atoms with van der Waals surface area (Å²) in [6, 6.07) is 10.1. The van der Waals surface area contributed by atoms with Crippen molar-refractivity contribution in [1.29, 1.82) is 0 Å². The van der Waals surface area contributed by atoms with Gasteiger partial charge in [0.15, 0.2) is 0 Å². The van der Waals surface area contributed by atoms with Crippen molar-refractivity contribution in [3.63, 3.8) is 0 Å². The van der Waals surface area contributed by atoms with E-state index in [2.05, 4.69) is 17.4 Å². The number of allylic oxidation sites excluding steroid dienone is 1. The van der Waals surface area contributed by atoms with Crippen LogP contribution in [0.2, 0.25) is 0 Å². The molecule has 0 amide bonds. The van der Waals surface area contributed by atoms with Gasteiger partial charge < -0.3 is 5.32 Å². The molecule has 0 aliphatic carbocycles. The molecule has 0 aromatic heterocycles. The normalized spacial score (nSPS) is 13.7. The van der Waals surface area contributed by atoms with Gasteiger partial charge in [-0.15, -0.1) is 0 Å². The van der Waals surface area contributed by atoms with E-state index in [9.17, 15) is 4.21 Å². The third kappa shape index (κ3) is 4.23. The highest BCUT2D eigenvalue weighted by molar-refractivity contribution is 7.87. The fourth-order valence-corrected chi connectivity index (χ4v) is 1.71. The molecule has 0 heterocycles. The summed E-state index contributed by atoms with van der Waals surface area (Å²) in [5.74, 6) is 0. The van der Waals surface area contributed by atoms with Crippen molar-refractivity contribution >= 4 is 10.8 Å². The lowest BCUT2D eigenvalue weighted by molar-refractivity contribution is 0.691. The van der Waals surface area contributed by atoms with Gasteiger partial charge in [0.25, 0.3) is 0 Å². The summed E-state index contributed by atoms with van der Waals surface area (Å²) in [4.78, 5) is 0. The smallest absolute Gasteiger partial charge is 0.0441 e. The van der Waals surface area contributed by atoms with E-state index in [1.54, 1.807) is 11.7 Å². The number of nitrogens with one attached hydrogen (secondary N) is 1. The topological polar surface area (TPSA) is 29.1 Å². The third-order valence-electron chi connectivity index (χ3n) is 1.76. The van der Waals surface area contributed by atoms with Crippen molar-refractivity contribution < 1.29 is 4.21 Å². The maximum absolute atomic E-state index is 10.9. The summed E-state index contributed by atoms with van der Waals surface area (Å²) < 4.78 is 10.9. The van der Waals surface area contributed by atoms with Crippen LogP contribution in [0.15, 0.2) is 41.4 Å². The van der Waals surface area contributed by atoms with Crippen LogP contribution < -0.4 is 5.32 Å². The van der Waals surface area contributed by atoms with E-state index in [1.807, 2.05) is 25.1 Å². The van der Waals surface area contributed by atoms with Gasteiger partial charge in [-0.05, 0) is 12.5 Å². The molecule has 1 N–H and O–H groups in total. The number of benzene rings is 1. The second kappa shape index (κ2) is 5.60. The number of hydrogen-bond donors (Lipinski definition) is 1. The largest absolute Gasteiger partial charge is 0.384 e. The summed E-state index contributed by atoms with van der Waals surface area (Å²) in [6.45, 7) is 2.70. The summed E-state index contributed by atoms with van der Waals surface area (Å²) >= 11 is 0. The van der Waals surface area contributed by atoms with E-state index in [1.165, 1.54) is 5.56 Å². The first-order valence-electron chi connectivity index (χ1n) is 4.47. The van der Waals surface area contributed by atoms with Gasteiger partial charge in [0.1, 0.15) is 0 Å². The Morgan fingerprint density at radius 3 is 2.64 bits per heavy atom. The van der Waals surface area contributed by atoms with Gasteiger partial charge >= 0.3 is 0 Å². The van der Waals surface area contributed by atoms with Crippen LogP contribution in [0.5, 0.6) is 0 Å². The molecule has 0 fully saturated rings. The van der Waals surface area contributed by atoms with Crippen molar-refractivity contribution in [2.45, 2.75) is 13.5 Å². The summed E-state index contributed by atoms with van der Waals surface area (Å²) in [6.07, 6.45) is 1.66. The number of hydrogen-bond acceptors (Lipinski definition) is 2. The minimum Gasteiger partial charge on any atom is -0.384 e. The maximum Gasteiger partial charge on any atom is 0.0441 e. The lowest BCUT2D eigenvalue weighted by Crippen LogP contribution is -2.10. The summed E-state index contributed by atoms with van der Waals surface area (Å²) in [7, 11) is -0.878. The van der Waals surface area contributed by atoms with E-state index < -0.39 is 10.8 Å². The molecule has 1 unspecified atom stereocenters. The van der Waals surface area contributed by atoms with Crippen LogP contribution in [0.3, 0.4) is 0 Å². The SMILES string of the molecule is CC(=CS(C)=O)NCc1ccccc1. The van der Waals surface area contributed by atoms with Crippen molar-refractivity contribution in [2.24, 2.45) is 0 Å². The lowest BCUT2D eigenvalue weighted by Gasteiger charge is -2.05. The zero-order valence-electron chi connectivity index (χ0n) is 8.49. The quantitative estimate of drug-likeness (QED) is 0.822. The van der Waals surface area contributed by atoms with Gasteiger partial charge in [0, 0.05) is 34.7 Å². The van der Waals surface area contributed by atoms with Crippen LogP contribution in [-0.2, 0) is 17.3 Å². The Morgan fingerprint density at radius 1 is 1.43 bits per heavy atom. The molecule has 1 rings (SSSR count). The van der Waals surface area contributed by atoms with Crippen molar-refractivity contribution in [1.82, 2.24) is 5.32 Å². The molecule has 3 heteroatoms. The minimum atomic E-state index is -0.878. The van der Waals surface area contributed by atoms with Crippen LogP contribution >= 0.6 is 0 Å². The fourth-order valence-electron chi connectivity index (χ4n) is 1.13. The predicted molar refractivity (Wildman–Crippen MR) is 61.1 cm³/mol. The van der Waals surface area contributed by atoms with Crippen LogP contribution in [0.1, 0.15) is 12.5 Å². The highest BCUT2D eigenvalue weighted by atomic mass is 32.2. The molecule has 14 heavy (non-hydrogen) atoms. The van der Waals surface area contributed by atoms with E-state index in [0.29, 0.717) is 0 Å². The average Bonchev–Trinajstić information content (AvgIpc) is 2.15. The molecule has 0 radical (unpaired) electrons. The highest BCUT2D eigenvalue weighted by Crippen LogP contribution is 1.99.